The second-order valence-electron chi connectivity index (χ2n) is 4.24. The second kappa shape index (κ2) is 9.50. The van der Waals surface area contributed by atoms with Crippen LogP contribution in [0.2, 0.25) is 0 Å². The number of nitrogens with zero attached hydrogens (tertiary/aromatic N) is 2. The van der Waals surface area contributed by atoms with Crippen molar-refractivity contribution in [1.29, 1.82) is 0 Å². The van der Waals surface area contributed by atoms with Crippen LogP contribution in [0.3, 0.4) is 0 Å². The van der Waals surface area contributed by atoms with Gasteiger partial charge in [0.2, 0.25) is 5.91 Å². The number of carbonyl (C=O) groups excluding carboxylic acids is 1. The van der Waals surface area contributed by atoms with Crippen LogP contribution in [0.4, 0.5) is 0 Å². The first kappa shape index (κ1) is 17.6. The van der Waals surface area contributed by atoms with Crippen LogP contribution < -0.4 is 21.5 Å². The first-order valence-corrected chi connectivity index (χ1v) is 6.12. The predicted octanol–water partition coefficient (Wildman–Crippen LogP) is -1.12. The summed E-state index contributed by atoms with van der Waals surface area (Å²) in [6, 6.07) is 4.07. The summed E-state index contributed by atoms with van der Waals surface area (Å²) in [4.78, 5) is 13.7. The van der Waals surface area contributed by atoms with E-state index in [2.05, 4.69) is 13.2 Å². The fraction of sp³-hybridized carbons (Fsp3) is 0.333. The van der Waals surface area contributed by atoms with Crippen LogP contribution in [-0.4, -0.2) is 23.9 Å². The molecule has 19 heavy (non-hydrogen) atoms. The number of halogens is 1. The number of hydrogen-bond donors (Lipinski definition) is 0. The SMILES string of the molecule is C=CCN(CC=C)C(=O)CC[n+]1ccc(C)cc1.[Br-]. The van der Waals surface area contributed by atoms with Gasteiger partial charge in [0, 0.05) is 25.2 Å². The van der Waals surface area contributed by atoms with Crippen molar-refractivity contribution in [3.63, 3.8) is 0 Å². The monoisotopic (exact) mass is 324 g/mol. The van der Waals surface area contributed by atoms with E-state index in [-0.39, 0.29) is 22.9 Å². The Hall–Kier alpha value is -1.42. The number of amides is 1. The molecule has 104 valence electrons. The molecule has 0 saturated heterocycles. The van der Waals surface area contributed by atoms with E-state index in [1.54, 1.807) is 17.1 Å². The standard InChI is InChI=1S/C15H21N2O.BrH/c1-4-9-17(10-5-2)15(18)8-13-16-11-6-14(3)7-12-16;/h4-7,11-12H,1-2,8-10,13H2,3H3;1H/q+1;/p-1. The molecule has 4 heteroatoms. The summed E-state index contributed by atoms with van der Waals surface area (Å²) < 4.78 is 2.02. The van der Waals surface area contributed by atoms with Crippen LogP contribution >= 0.6 is 0 Å². The minimum absolute atomic E-state index is 0. The number of carbonyl (C=O) groups is 1. The third kappa shape index (κ3) is 6.34. The number of aromatic nitrogens is 1. The van der Waals surface area contributed by atoms with E-state index < -0.39 is 0 Å². The topological polar surface area (TPSA) is 24.2 Å². The highest BCUT2D eigenvalue weighted by molar-refractivity contribution is 5.76. The molecule has 1 heterocycles. The van der Waals surface area contributed by atoms with Crippen molar-refractivity contribution in [3.8, 4) is 0 Å². The zero-order chi connectivity index (χ0) is 13.4. The number of rotatable bonds is 7. The van der Waals surface area contributed by atoms with Crippen molar-refractivity contribution in [2.75, 3.05) is 13.1 Å². The van der Waals surface area contributed by atoms with Crippen LogP contribution in [0.15, 0.2) is 49.8 Å². The highest BCUT2D eigenvalue weighted by Gasteiger charge is 2.12. The van der Waals surface area contributed by atoms with Crippen molar-refractivity contribution in [2.24, 2.45) is 0 Å². The van der Waals surface area contributed by atoms with E-state index in [1.165, 1.54) is 5.56 Å². The lowest BCUT2D eigenvalue weighted by atomic mass is 10.3. The van der Waals surface area contributed by atoms with Gasteiger partial charge >= 0.3 is 0 Å². The molecule has 0 radical (unpaired) electrons. The van der Waals surface area contributed by atoms with E-state index in [0.717, 1.165) is 0 Å². The van der Waals surface area contributed by atoms with Crippen molar-refractivity contribution >= 4 is 5.91 Å². The molecule has 0 unspecified atom stereocenters. The van der Waals surface area contributed by atoms with Gasteiger partial charge in [0.15, 0.2) is 18.9 Å². The molecule has 1 rings (SSSR count). The van der Waals surface area contributed by atoms with Crippen molar-refractivity contribution < 1.29 is 26.3 Å². The zero-order valence-electron chi connectivity index (χ0n) is 11.4. The highest BCUT2D eigenvalue weighted by atomic mass is 79.9. The lowest BCUT2D eigenvalue weighted by Gasteiger charge is -2.18. The van der Waals surface area contributed by atoms with Gasteiger partial charge in [0.05, 0.1) is 6.42 Å². The third-order valence-corrected chi connectivity index (χ3v) is 2.69. The van der Waals surface area contributed by atoms with E-state index in [9.17, 15) is 4.79 Å². The van der Waals surface area contributed by atoms with E-state index in [0.29, 0.717) is 26.1 Å². The van der Waals surface area contributed by atoms with E-state index in [4.69, 9.17) is 0 Å². The Morgan fingerprint density at radius 2 is 1.79 bits per heavy atom. The average Bonchev–Trinajstić information content (AvgIpc) is 2.37. The van der Waals surface area contributed by atoms with Gasteiger partial charge in [-0.1, -0.05) is 12.2 Å². The van der Waals surface area contributed by atoms with Gasteiger partial charge in [-0.15, -0.1) is 13.2 Å². The molecule has 0 saturated carbocycles. The Morgan fingerprint density at radius 3 is 2.26 bits per heavy atom. The summed E-state index contributed by atoms with van der Waals surface area (Å²) in [5, 5.41) is 0. The van der Waals surface area contributed by atoms with Crippen molar-refractivity contribution in [2.45, 2.75) is 19.9 Å². The van der Waals surface area contributed by atoms with Gasteiger partial charge in [-0.2, -0.15) is 0 Å². The average molecular weight is 325 g/mol. The van der Waals surface area contributed by atoms with Gasteiger partial charge < -0.3 is 21.9 Å². The summed E-state index contributed by atoms with van der Waals surface area (Å²) in [7, 11) is 0. The quantitative estimate of drug-likeness (QED) is 0.460. The molecular weight excluding hydrogens is 304 g/mol. The molecule has 0 N–H and O–H groups in total. The summed E-state index contributed by atoms with van der Waals surface area (Å²) in [5.41, 5.74) is 1.22. The molecule has 0 atom stereocenters. The highest BCUT2D eigenvalue weighted by Crippen LogP contribution is 1.96. The minimum Gasteiger partial charge on any atom is -1.00 e. The molecule has 0 fully saturated rings. The first-order chi connectivity index (χ1) is 8.67. The molecule has 0 aromatic carbocycles. The van der Waals surface area contributed by atoms with E-state index >= 15 is 0 Å². The molecule has 0 spiro atoms. The van der Waals surface area contributed by atoms with Crippen LogP contribution in [0, 0.1) is 6.92 Å². The molecule has 0 bridgehead atoms. The lowest BCUT2D eigenvalue weighted by Crippen LogP contribution is -3.00. The molecule has 1 aromatic heterocycles. The van der Waals surface area contributed by atoms with Gasteiger partial charge in [-0.3, -0.25) is 4.79 Å². The minimum atomic E-state index is 0. The van der Waals surface area contributed by atoms with Gasteiger partial charge in [0.25, 0.3) is 0 Å². The third-order valence-electron chi connectivity index (χ3n) is 2.69. The maximum atomic E-state index is 12.0. The van der Waals surface area contributed by atoms with Crippen molar-refractivity contribution in [1.82, 2.24) is 4.90 Å². The summed E-state index contributed by atoms with van der Waals surface area (Å²) in [6.07, 6.45) is 7.96. The Balaban J connectivity index is 0.00000324. The maximum Gasteiger partial charge on any atom is 0.229 e. The molecule has 1 aromatic rings. The predicted molar refractivity (Wildman–Crippen MR) is 73.0 cm³/mol. The second-order valence-corrected chi connectivity index (χ2v) is 4.24. The molecule has 0 aliphatic heterocycles. The Labute approximate surface area is 126 Å². The molecule has 0 aliphatic rings. The largest absolute Gasteiger partial charge is 1.00 e. The van der Waals surface area contributed by atoms with Gasteiger partial charge in [0.1, 0.15) is 0 Å². The van der Waals surface area contributed by atoms with Crippen LogP contribution in [0.1, 0.15) is 12.0 Å². The van der Waals surface area contributed by atoms with Gasteiger partial charge in [-0.25, -0.2) is 4.57 Å². The van der Waals surface area contributed by atoms with Crippen LogP contribution in [0.5, 0.6) is 0 Å². The molecule has 3 nitrogen and oxygen atoms in total. The number of pyridine rings is 1. The van der Waals surface area contributed by atoms with E-state index in [1.807, 2.05) is 36.0 Å². The lowest BCUT2D eigenvalue weighted by molar-refractivity contribution is -0.696. The molecule has 1 amide bonds. The van der Waals surface area contributed by atoms with Crippen molar-refractivity contribution in [3.05, 3.63) is 55.4 Å². The smallest absolute Gasteiger partial charge is 0.229 e. The Morgan fingerprint density at radius 1 is 1.26 bits per heavy atom. The molecule has 0 aliphatic carbocycles. The summed E-state index contributed by atoms with van der Waals surface area (Å²) in [5.74, 6) is 0.128. The summed E-state index contributed by atoms with van der Waals surface area (Å²) >= 11 is 0. The number of hydrogen-bond acceptors (Lipinski definition) is 1. The fourth-order valence-electron chi connectivity index (χ4n) is 1.65. The Bertz CT molecular complexity index is 405. The Kier molecular flexibility index (Phi) is 8.79. The normalized spacial score (nSPS) is 9.32. The molecular formula is C15H21BrN2O. The summed E-state index contributed by atoms with van der Waals surface area (Å²) in [6.45, 7) is 11.2. The fourth-order valence-corrected chi connectivity index (χ4v) is 1.65. The van der Waals surface area contributed by atoms with Crippen LogP contribution in [0.25, 0.3) is 0 Å². The maximum absolute atomic E-state index is 12.0. The van der Waals surface area contributed by atoms with Crippen LogP contribution in [-0.2, 0) is 11.3 Å². The first-order valence-electron chi connectivity index (χ1n) is 6.12. The zero-order valence-corrected chi connectivity index (χ0v) is 13.0. The van der Waals surface area contributed by atoms with Gasteiger partial charge in [-0.05, 0) is 12.5 Å². The number of aryl methyl sites for hydroxylation is 2.